The maximum atomic E-state index is 11.3. The van der Waals surface area contributed by atoms with E-state index in [0.29, 0.717) is 11.5 Å². The molecule has 1 aromatic heterocycles. The van der Waals surface area contributed by atoms with Crippen molar-refractivity contribution in [2.24, 2.45) is 0 Å². The van der Waals surface area contributed by atoms with Gasteiger partial charge in [0, 0.05) is 5.39 Å². The molecule has 0 aliphatic heterocycles. The SMILES string of the molecule is Cc1ccc(Oc2cnc3ccccc3c2)c(C(=O)O)c1. The smallest absolute Gasteiger partial charge is 0.339 e. The number of carboxylic acids is 1. The molecule has 104 valence electrons. The number of pyridine rings is 1. The van der Waals surface area contributed by atoms with Gasteiger partial charge in [-0.15, -0.1) is 0 Å². The molecule has 3 rings (SSSR count). The monoisotopic (exact) mass is 279 g/mol. The van der Waals surface area contributed by atoms with Crippen LogP contribution >= 0.6 is 0 Å². The second-order valence-electron chi connectivity index (χ2n) is 4.77. The van der Waals surface area contributed by atoms with E-state index in [2.05, 4.69) is 4.98 Å². The van der Waals surface area contributed by atoms with Gasteiger partial charge in [0.2, 0.25) is 0 Å². The fourth-order valence-corrected chi connectivity index (χ4v) is 2.13. The summed E-state index contributed by atoms with van der Waals surface area (Å²) in [6, 6.07) is 14.6. The molecule has 0 radical (unpaired) electrons. The number of hydrogen-bond donors (Lipinski definition) is 1. The molecule has 0 unspecified atom stereocenters. The lowest BCUT2D eigenvalue weighted by atomic mass is 10.1. The van der Waals surface area contributed by atoms with Crippen molar-refractivity contribution < 1.29 is 14.6 Å². The van der Waals surface area contributed by atoms with Crippen LogP contribution in [0.3, 0.4) is 0 Å². The number of carbonyl (C=O) groups is 1. The summed E-state index contributed by atoms with van der Waals surface area (Å²) in [7, 11) is 0. The van der Waals surface area contributed by atoms with Gasteiger partial charge in [-0.05, 0) is 31.2 Å². The minimum Gasteiger partial charge on any atom is -0.478 e. The predicted molar refractivity (Wildman–Crippen MR) is 80.0 cm³/mol. The number of carboxylic acid groups (broad SMARTS) is 1. The molecular weight excluding hydrogens is 266 g/mol. The van der Waals surface area contributed by atoms with Crippen molar-refractivity contribution in [3.05, 3.63) is 65.9 Å². The second kappa shape index (κ2) is 5.25. The third-order valence-corrected chi connectivity index (χ3v) is 3.16. The summed E-state index contributed by atoms with van der Waals surface area (Å²) in [4.78, 5) is 15.6. The minimum atomic E-state index is -1.01. The predicted octanol–water partition coefficient (Wildman–Crippen LogP) is 4.03. The summed E-state index contributed by atoms with van der Waals surface area (Å²) in [5.74, 6) is -0.187. The normalized spacial score (nSPS) is 10.5. The van der Waals surface area contributed by atoms with Gasteiger partial charge in [0.25, 0.3) is 0 Å². The van der Waals surface area contributed by atoms with E-state index in [4.69, 9.17) is 4.74 Å². The van der Waals surface area contributed by atoms with Crippen molar-refractivity contribution in [2.45, 2.75) is 6.92 Å². The van der Waals surface area contributed by atoms with Crippen LogP contribution in [0, 0.1) is 6.92 Å². The highest BCUT2D eigenvalue weighted by molar-refractivity contribution is 5.91. The highest BCUT2D eigenvalue weighted by Gasteiger charge is 2.12. The van der Waals surface area contributed by atoms with Crippen LogP contribution in [0.15, 0.2) is 54.7 Å². The van der Waals surface area contributed by atoms with Crippen molar-refractivity contribution in [1.82, 2.24) is 4.98 Å². The van der Waals surface area contributed by atoms with Crippen LogP contribution in [0.4, 0.5) is 0 Å². The standard InChI is InChI=1S/C17H13NO3/c1-11-6-7-16(14(8-11)17(19)20)21-13-9-12-4-2-3-5-15(12)18-10-13/h2-10H,1H3,(H,19,20). The fourth-order valence-electron chi connectivity index (χ4n) is 2.13. The maximum absolute atomic E-state index is 11.3. The van der Waals surface area contributed by atoms with Crippen LogP contribution in [0.25, 0.3) is 10.9 Å². The number of para-hydroxylation sites is 1. The van der Waals surface area contributed by atoms with E-state index in [1.165, 1.54) is 0 Å². The van der Waals surface area contributed by atoms with E-state index in [9.17, 15) is 9.90 Å². The van der Waals surface area contributed by atoms with Gasteiger partial charge in [-0.2, -0.15) is 0 Å². The molecule has 0 aliphatic carbocycles. The van der Waals surface area contributed by atoms with Gasteiger partial charge in [0.1, 0.15) is 17.1 Å². The number of aromatic carboxylic acids is 1. The summed E-state index contributed by atoms with van der Waals surface area (Å²) in [5, 5.41) is 10.2. The van der Waals surface area contributed by atoms with Crippen molar-refractivity contribution in [3.8, 4) is 11.5 Å². The third kappa shape index (κ3) is 2.69. The molecule has 0 saturated heterocycles. The van der Waals surface area contributed by atoms with E-state index in [1.54, 1.807) is 18.3 Å². The van der Waals surface area contributed by atoms with E-state index in [-0.39, 0.29) is 5.56 Å². The molecule has 1 N–H and O–H groups in total. The Hall–Kier alpha value is -2.88. The number of ether oxygens (including phenoxy) is 1. The van der Waals surface area contributed by atoms with E-state index < -0.39 is 5.97 Å². The van der Waals surface area contributed by atoms with Crippen LogP contribution in [0.1, 0.15) is 15.9 Å². The Morgan fingerprint density at radius 1 is 1.14 bits per heavy atom. The van der Waals surface area contributed by atoms with Gasteiger partial charge in [0.05, 0.1) is 11.7 Å². The van der Waals surface area contributed by atoms with Gasteiger partial charge in [-0.25, -0.2) is 4.79 Å². The maximum Gasteiger partial charge on any atom is 0.339 e. The highest BCUT2D eigenvalue weighted by atomic mass is 16.5. The molecule has 0 spiro atoms. The molecule has 3 aromatic rings. The topological polar surface area (TPSA) is 59.4 Å². The Bertz CT molecular complexity index is 827. The Balaban J connectivity index is 2.00. The molecule has 4 nitrogen and oxygen atoms in total. The van der Waals surface area contributed by atoms with Gasteiger partial charge in [0.15, 0.2) is 0 Å². The lowest BCUT2D eigenvalue weighted by molar-refractivity contribution is 0.0694. The molecular formula is C17H13NO3. The van der Waals surface area contributed by atoms with E-state index in [1.807, 2.05) is 43.3 Å². The second-order valence-corrected chi connectivity index (χ2v) is 4.77. The first kappa shape index (κ1) is 13.1. The van der Waals surface area contributed by atoms with Gasteiger partial charge in [-0.1, -0.05) is 29.8 Å². The molecule has 0 atom stereocenters. The molecule has 1 heterocycles. The number of hydrogen-bond acceptors (Lipinski definition) is 3. The van der Waals surface area contributed by atoms with Crippen molar-refractivity contribution in [1.29, 1.82) is 0 Å². The summed E-state index contributed by atoms with van der Waals surface area (Å²) in [6.07, 6.45) is 1.59. The van der Waals surface area contributed by atoms with E-state index in [0.717, 1.165) is 16.5 Å². The summed E-state index contributed by atoms with van der Waals surface area (Å²) in [6.45, 7) is 1.84. The number of aromatic nitrogens is 1. The first-order valence-corrected chi connectivity index (χ1v) is 6.50. The zero-order chi connectivity index (χ0) is 14.8. The molecule has 0 bridgehead atoms. The van der Waals surface area contributed by atoms with Crippen molar-refractivity contribution in [3.63, 3.8) is 0 Å². The Morgan fingerprint density at radius 3 is 2.76 bits per heavy atom. The number of benzene rings is 2. The quantitative estimate of drug-likeness (QED) is 0.786. The Morgan fingerprint density at radius 2 is 1.95 bits per heavy atom. The zero-order valence-corrected chi connectivity index (χ0v) is 11.4. The van der Waals surface area contributed by atoms with Crippen LogP contribution < -0.4 is 4.74 Å². The first-order valence-electron chi connectivity index (χ1n) is 6.50. The first-order chi connectivity index (χ1) is 10.1. The van der Waals surface area contributed by atoms with Gasteiger partial charge >= 0.3 is 5.97 Å². The van der Waals surface area contributed by atoms with E-state index >= 15 is 0 Å². The molecule has 0 amide bonds. The van der Waals surface area contributed by atoms with Crippen LogP contribution in [-0.4, -0.2) is 16.1 Å². The number of nitrogens with zero attached hydrogens (tertiary/aromatic N) is 1. The molecule has 2 aromatic carbocycles. The largest absolute Gasteiger partial charge is 0.478 e. The summed E-state index contributed by atoms with van der Waals surface area (Å²) >= 11 is 0. The lowest BCUT2D eigenvalue weighted by Crippen LogP contribution is -2.00. The summed E-state index contributed by atoms with van der Waals surface area (Å²) in [5.41, 5.74) is 1.88. The molecule has 4 heteroatoms. The summed E-state index contributed by atoms with van der Waals surface area (Å²) < 4.78 is 5.69. The van der Waals surface area contributed by atoms with Gasteiger partial charge in [-0.3, -0.25) is 4.98 Å². The average Bonchev–Trinajstić information content (AvgIpc) is 2.49. The van der Waals surface area contributed by atoms with Crippen LogP contribution in [-0.2, 0) is 0 Å². The fraction of sp³-hybridized carbons (Fsp3) is 0.0588. The van der Waals surface area contributed by atoms with Crippen molar-refractivity contribution in [2.75, 3.05) is 0 Å². The Kier molecular flexibility index (Phi) is 3.28. The third-order valence-electron chi connectivity index (χ3n) is 3.16. The number of fused-ring (bicyclic) bond motifs is 1. The number of aryl methyl sites for hydroxylation is 1. The lowest BCUT2D eigenvalue weighted by Gasteiger charge is -2.09. The molecule has 0 saturated carbocycles. The number of rotatable bonds is 3. The molecule has 0 aliphatic rings. The minimum absolute atomic E-state index is 0.142. The average molecular weight is 279 g/mol. The zero-order valence-electron chi connectivity index (χ0n) is 11.4. The van der Waals surface area contributed by atoms with Crippen LogP contribution in [0.5, 0.6) is 11.5 Å². The molecule has 21 heavy (non-hydrogen) atoms. The van der Waals surface area contributed by atoms with Crippen molar-refractivity contribution >= 4 is 16.9 Å². The highest BCUT2D eigenvalue weighted by Crippen LogP contribution is 2.27. The van der Waals surface area contributed by atoms with Crippen LogP contribution in [0.2, 0.25) is 0 Å². The van der Waals surface area contributed by atoms with Gasteiger partial charge < -0.3 is 9.84 Å². The molecule has 0 fully saturated rings. The Labute approximate surface area is 121 Å².